The summed E-state index contributed by atoms with van der Waals surface area (Å²) in [6.07, 6.45) is 0.904. The molecule has 19 heavy (non-hydrogen) atoms. The minimum Gasteiger partial charge on any atom is -0.326 e. The van der Waals surface area contributed by atoms with Gasteiger partial charge >= 0.3 is 0 Å². The van der Waals surface area contributed by atoms with Crippen LogP contribution in [0.25, 0.3) is 0 Å². The van der Waals surface area contributed by atoms with E-state index in [1.165, 1.54) is 6.92 Å². The van der Waals surface area contributed by atoms with Crippen LogP contribution < -0.4 is 5.73 Å². The van der Waals surface area contributed by atoms with Crippen LogP contribution in [-0.4, -0.2) is 14.2 Å². The van der Waals surface area contributed by atoms with Gasteiger partial charge in [-0.2, -0.15) is 0 Å². The van der Waals surface area contributed by atoms with E-state index in [0.29, 0.717) is 11.5 Å². The summed E-state index contributed by atoms with van der Waals surface area (Å²) < 4.78 is 22.5. The molecule has 0 aliphatic heterocycles. The van der Waals surface area contributed by atoms with E-state index >= 15 is 0 Å². The fraction of sp³-hybridized carbons (Fsp3) is 0.500. The Morgan fingerprint density at radius 3 is 2.37 bits per heavy atom. The largest absolute Gasteiger partial charge is 0.326 e. The molecule has 2 N–H and O–H groups in total. The zero-order chi connectivity index (χ0) is 14.6. The highest BCUT2D eigenvalue weighted by atomic mass is 32.2. The highest BCUT2D eigenvalue weighted by Crippen LogP contribution is 2.24. The first kappa shape index (κ1) is 15.9. The lowest BCUT2D eigenvalue weighted by atomic mass is 9.95. The van der Waals surface area contributed by atoms with Crippen LogP contribution in [0.4, 0.5) is 0 Å². The standard InChI is InChI=1S/C14H21NO3S/c1-9(2)6-11-4-5-13(12(7-11)8-15)14(10(3)16)19(17)18/h4-5,7,9,14,19H,6,8,15H2,1-3H3. The molecule has 0 spiro atoms. The Kier molecular flexibility index (Phi) is 5.69. The van der Waals surface area contributed by atoms with Gasteiger partial charge in [0.25, 0.3) is 0 Å². The average Bonchev–Trinajstić information content (AvgIpc) is 2.29. The number of hydrogen-bond acceptors (Lipinski definition) is 4. The number of carbonyl (C=O) groups is 1. The summed E-state index contributed by atoms with van der Waals surface area (Å²) in [4.78, 5) is 11.5. The van der Waals surface area contributed by atoms with Gasteiger partial charge in [0.1, 0.15) is 5.25 Å². The van der Waals surface area contributed by atoms with Gasteiger partial charge in [0, 0.05) is 6.54 Å². The molecule has 0 saturated carbocycles. The first-order chi connectivity index (χ1) is 8.86. The van der Waals surface area contributed by atoms with Crippen molar-refractivity contribution in [1.82, 2.24) is 0 Å². The van der Waals surface area contributed by atoms with Gasteiger partial charge < -0.3 is 5.73 Å². The minimum absolute atomic E-state index is 0.230. The molecule has 1 aromatic rings. The summed E-state index contributed by atoms with van der Waals surface area (Å²) in [6.45, 7) is 5.75. The van der Waals surface area contributed by atoms with Crippen molar-refractivity contribution in [2.45, 2.75) is 39.0 Å². The highest BCUT2D eigenvalue weighted by Gasteiger charge is 2.22. The van der Waals surface area contributed by atoms with Crippen molar-refractivity contribution in [3.63, 3.8) is 0 Å². The lowest BCUT2D eigenvalue weighted by molar-refractivity contribution is -0.116. The van der Waals surface area contributed by atoms with Crippen LogP contribution in [0.5, 0.6) is 0 Å². The van der Waals surface area contributed by atoms with Crippen molar-refractivity contribution in [2.24, 2.45) is 11.7 Å². The zero-order valence-electron chi connectivity index (χ0n) is 11.6. The number of ketones is 1. The summed E-state index contributed by atoms with van der Waals surface area (Å²) in [5.74, 6) is 0.138. The van der Waals surface area contributed by atoms with Crippen molar-refractivity contribution >= 4 is 16.5 Å². The predicted molar refractivity (Wildman–Crippen MR) is 76.6 cm³/mol. The topological polar surface area (TPSA) is 77.2 Å². The lowest BCUT2D eigenvalue weighted by Crippen LogP contribution is -2.15. The molecule has 4 nitrogen and oxygen atoms in total. The van der Waals surface area contributed by atoms with Crippen molar-refractivity contribution in [3.05, 3.63) is 34.9 Å². The monoisotopic (exact) mass is 283 g/mol. The third kappa shape index (κ3) is 4.14. The van der Waals surface area contributed by atoms with E-state index in [9.17, 15) is 13.2 Å². The molecule has 0 fully saturated rings. The highest BCUT2D eigenvalue weighted by molar-refractivity contribution is 7.73. The van der Waals surface area contributed by atoms with Gasteiger partial charge in [-0.1, -0.05) is 32.0 Å². The van der Waals surface area contributed by atoms with Crippen molar-refractivity contribution in [1.29, 1.82) is 0 Å². The number of thiol groups is 1. The van der Waals surface area contributed by atoms with Crippen LogP contribution in [0.3, 0.4) is 0 Å². The van der Waals surface area contributed by atoms with Crippen molar-refractivity contribution < 1.29 is 13.2 Å². The van der Waals surface area contributed by atoms with E-state index in [1.54, 1.807) is 6.07 Å². The molecule has 0 heterocycles. The fourth-order valence-electron chi connectivity index (χ4n) is 2.18. The quantitative estimate of drug-likeness (QED) is 0.777. The van der Waals surface area contributed by atoms with Crippen LogP contribution in [-0.2, 0) is 28.5 Å². The van der Waals surface area contributed by atoms with E-state index in [1.807, 2.05) is 12.1 Å². The van der Waals surface area contributed by atoms with E-state index in [-0.39, 0.29) is 12.3 Å². The van der Waals surface area contributed by atoms with Gasteiger partial charge in [-0.25, -0.2) is 8.42 Å². The minimum atomic E-state index is -2.83. The third-order valence-electron chi connectivity index (χ3n) is 2.96. The second-order valence-electron chi connectivity index (χ2n) is 5.13. The van der Waals surface area contributed by atoms with Gasteiger partial charge in [0.2, 0.25) is 0 Å². The number of rotatable bonds is 6. The van der Waals surface area contributed by atoms with Gasteiger partial charge in [-0.3, -0.25) is 4.79 Å². The molecule has 0 amide bonds. The smallest absolute Gasteiger partial charge is 0.154 e. The maximum atomic E-state index is 11.5. The third-order valence-corrected chi connectivity index (χ3v) is 4.03. The summed E-state index contributed by atoms with van der Waals surface area (Å²) in [7, 11) is -2.83. The predicted octanol–water partition coefficient (Wildman–Crippen LogP) is 1.59. The molecule has 0 bridgehead atoms. The molecular formula is C14H21NO3S. The average molecular weight is 283 g/mol. The number of Topliss-reactive ketones (excluding diaryl/α,β-unsaturated/α-hetero) is 1. The maximum Gasteiger partial charge on any atom is 0.154 e. The molecule has 1 aromatic carbocycles. The molecule has 0 aliphatic rings. The van der Waals surface area contributed by atoms with Gasteiger partial charge in [0.05, 0.1) is 0 Å². The van der Waals surface area contributed by atoms with Crippen molar-refractivity contribution in [3.8, 4) is 0 Å². The number of nitrogens with two attached hydrogens (primary N) is 1. The normalized spacial score (nSPS) is 12.9. The van der Waals surface area contributed by atoms with Crippen molar-refractivity contribution in [2.75, 3.05) is 0 Å². The molecule has 1 unspecified atom stereocenters. The number of carbonyl (C=O) groups excluding carboxylic acids is 1. The number of hydrogen-bond donors (Lipinski definition) is 2. The summed E-state index contributed by atoms with van der Waals surface area (Å²) >= 11 is 0. The van der Waals surface area contributed by atoms with Gasteiger partial charge in [0.15, 0.2) is 16.5 Å². The molecule has 0 radical (unpaired) electrons. The first-order valence-corrected chi connectivity index (χ1v) is 7.57. The van der Waals surface area contributed by atoms with E-state index in [4.69, 9.17) is 5.73 Å². The maximum absolute atomic E-state index is 11.5. The van der Waals surface area contributed by atoms with Crippen LogP contribution >= 0.6 is 0 Å². The second-order valence-corrected chi connectivity index (χ2v) is 6.22. The molecule has 0 aromatic heterocycles. The molecular weight excluding hydrogens is 262 g/mol. The van der Waals surface area contributed by atoms with Crippen LogP contribution in [0.2, 0.25) is 0 Å². The molecule has 0 aliphatic carbocycles. The zero-order valence-corrected chi connectivity index (χ0v) is 12.4. The van der Waals surface area contributed by atoms with E-state index in [2.05, 4.69) is 13.8 Å². The SMILES string of the molecule is CC(=O)C(c1ccc(CC(C)C)cc1CN)[SH](=O)=O. The van der Waals surface area contributed by atoms with Gasteiger partial charge in [-0.15, -0.1) is 0 Å². The Morgan fingerprint density at radius 2 is 1.95 bits per heavy atom. The number of benzene rings is 1. The lowest BCUT2D eigenvalue weighted by Gasteiger charge is -2.14. The van der Waals surface area contributed by atoms with E-state index < -0.39 is 16.0 Å². The molecule has 1 rings (SSSR count). The Morgan fingerprint density at radius 1 is 1.32 bits per heavy atom. The van der Waals surface area contributed by atoms with Crippen LogP contribution in [0.15, 0.2) is 18.2 Å². The summed E-state index contributed by atoms with van der Waals surface area (Å²) in [6, 6.07) is 5.50. The van der Waals surface area contributed by atoms with Crippen LogP contribution in [0, 0.1) is 5.92 Å². The summed E-state index contributed by atoms with van der Waals surface area (Å²) in [5, 5.41) is -1.08. The van der Waals surface area contributed by atoms with E-state index in [0.717, 1.165) is 17.5 Å². The molecule has 0 saturated heterocycles. The first-order valence-electron chi connectivity index (χ1n) is 6.32. The Hall–Kier alpha value is -1.20. The Bertz CT molecular complexity index is 527. The second kappa shape index (κ2) is 6.82. The molecule has 106 valence electrons. The summed E-state index contributed by atoms with van der Waals surface area (Å²) in [5.41, 5.74) is 8.04. The van der Waals surface area contributed by atoms with Crippen LogP contribution in [0.1, 0.15) is 42.7 Å². The fourth-order valence-corrected chi connectivity index (χ4v) is 2.96. The Labute approximate surface area is 116 Å². The molecule has 5 heteroatoms. The van der Waals surface area contributed by atoms with Gasteiger partial charge in [-0.05, 0) is 36.0 Å². The Balaban J connectivity index is 3.24. The molecule has 1 atom stereocenters.